The molecular weight excluding hydrogens is 370 g/mol. The van der Waals surface area contributed by atoms with Gasteiger partial charge in [-0.3, -0.25) is 9.69 Å². The summed E-state index contributed by atoms with van der Waals surface area (Å²) >= 11 is 0.992. The van der Waals surface area contributed by atoms with Crippen LogP contribution in [0.15, 0.2) is 53.4 Å². The molecule has 1 aliphatic heterocycles. The number of rotatable bonds is 7. The highest BCUT2D eigenvalue weighted by Gasteiger charge is 2.20. The molecule has 4 nitrogen and oxygen atoms in total. The SMILES string of the molecule is O=C(CSc1cc(F)ccc1F)N[C@@H](CN1CCOCC1)c1ccccc1. The van der Waals surface area contributed by atoms with Crippen LogP contribution in [0.25, 0.3) is 0 Å². The average molecular weight is 392 g/mol. The minimum Gasteiger partial charge on any atom is -0.379 e. The smallest absolute Gasteiger partial charge is 0.230 e. The Morgan fingerprint density at radius 1 is 1.15 bits per heavy atom. The first-order valence-electron chi connectivity index (χ1n) is 8.84. The predicted molar refractivity (Wildman–Crippen MR) is 102 cm³/mol. The zero-order valence-electron chi connectivity index (χ0n) is 14.9. The number of amides is 1. The van der Waals surface area contributed by atoms with E-state index in [0.717, 1.165) is 48.6 Å². The molecule has 0 bridgehead atoms. The van der Waals surface area contributed by atoms with Crippen LogP contribution in [0.4, 0.5) is 8.78 Å². The Labute approximate surface area is 161 Å². The summed E-state index contributed by atoms with van der Waals surface area (Å²) in [6, 6.07) is 12.8. The Hall–Kier alpha value is -1.96. The molecule has 1 saturated heterocycles. The molecule has 144 valence electrons. The summed E-state index contributed by atoms with van der Waals surface area (Å²) in [5.41, 5.74) is 1.01. The summed E-state index contributed by atoms with van der Waals surface area (Å²) < 4.78 is 32.4. The third-order valence-corrected chi connectivity index (χ3v) is 5.36. The molecule has 3 rings (SSSR count). The molecule has 1 aliphatic rings. The second kappa shape index (κ2) is 9.82. The third-order valence-electron chi connectivity index (χ3n) is 4.33. The first-order valence-corrected chi connectivity index (χ1v) is 9.82. The van der Waals surface area contributed by atoms with Crippen LogP contribution in [-0.2, 0) is 9.53 Å². The lowest BCUT2D eigenvalue weighted by Gasteiger charge is -2.31. The van der Waals surface area contributed by atoms with Gasteiger partial charge in [0.25, 0.3) is 0 Å². The van der Waals surface area contributed by atoms with Crippen molar-refractivity contribution in [2.45, 2.75) is 10.9 Å². The quantitative estimate of drug-likeness (QED) is 0.735. The van der Waals surface area contributed by atoms with E-state index >= 15 is 0 Å². The van der Waals surface area contributed by atoms with Gasteiger partial charge in [0.1, 0.15) is 11.6 Å². The number of halogens is 2. The zero-order chi connectivity index (χ0) is 19.1. The number of nitrogens with one attached hydrogen (secondary N) is 1. The number of hydrogen-bond acceptors (Lipinski definition) is 4. The van der Waals surface area contributed by atoms with Crippen molar-refractivity contribution < 1.29 is 18.3 Å². The van der Waals surface area contributed by atoms with Gasteiger partial charge in [0.15, 0.2) is 0 Å². The lowest BCUT2D eigenvalue weighted by Crippen LogP contribution is -2.43. The Bertz CT molecular complexity index is 755. The monoisotopic (exact) mass is 392 g/mol. The second-order valence-electron chi connectivity index (χ2n) is 6.31. The molecule has 0 aromatic heterocycles. The average Bonchev–Trinajstić information content (AvgIpc) is 2.69. The van der Waals surface area contributed by atoms with Crippen molar-refractivity contribution in [3.63, 3.8) is 0 Å². The molecule has 0 aliphatic carbocycles. The lowest BCUT2D eigenvalue weighted by molar-refractivity contribution is -0.119. The van der Waals surface area contributed by atoms with Gasteiger partial charge in [-0.15, -0.1) is 11.8 Å². The summed E-state index contributed by atoms with van der Waals surface area (Å²) in [4.78, 5) is 14.8. The second-order valence-corrected chi connectivity index (χ2v) is 7.32. The van der Waals surface area contributed by atoms with Crippen molar-refractivity contribution in [2.24, 2.45) is 0 Å². The number of thioether (sulfide) groups is 1. The van der Waals surface area contributed by atoms with Crippen LogP contribution in [0.2, 0.25) is 0 Å². The fraction of sp³-hybridized carbons (Fsp3) is 0.350. The van der Waals surface area contributed by atoms with E-state index in [-0.39, 0.29) is 22.6 Å². The first kappa shape index (κ1) is 19.8. The minimum absolute atomic E-state index is 0.0207. The Balaban J connectivity index is 1.62. The van der Waals surface area contributed by atoms with Crippen molar-refractivity contribution in [1.82, 2.24) is 10.2 Å². The van der Waals surface area contributed by atoms with Gasteiger partial charge < -0.3 is 10.1 Å². The molecule has 1 amide bonds. The highest BCUT2D eigenvalue weighted by molar-refractivity contribution is 8.00. The van der Waals surface area contributed by atoms with E-state index in [2.05, 4.69) is 10.2 Å². The molecule has 1 heterocycles. The van der Waals surface area contributed by atoms with Gasteiger partial charge in [-0.05, 0) is 23.8 Å². The molecule has 0 unspecified atom stereocenters. The fourth-order valence-electron chi connectivity index (χ4n) is 2.93. The number of morpholine rings is 1. The lowest BCUT2D eigenvalue weighted by atomic mass is 10.1. The number of benzene rings is 2. The molecule has 1 atom stereocenters. The van der Waals surface area contributed by atoms with Crippen molar-refractivity contribution in [3.05, 3.63) is 65.7 Å². The summed E-state index contributed by atoms with van der Waals surface area (Å²) in [7, 11) is 0. The van der Waals surface area contributed by atoms with Crippen LogP contribution in [0, 0.1) is 11.6 Å². The molecule has 7 heteroatoms. The molecule has 0 saturated carbocycles. The summed E-state index contributed by atoms with van der Waals surface area (Å²) in [5, 5.41) is 3.03. The highest BCUT2D eigenvalue weighted by atomic mass is 32.2. The molecule has 2 aromatic carbocycles. The van der Waals surface area contributed by atoms with Crippen LogP contribution in [0.3, 0.4) is 0 Å². The number of carbonyl (C=O) groups is 1. The molecule has 0 spiro atoms. The van der Waals surface area contributed by atoms with Gasteiger partial charge in [0, 0.05) is 24.5 Å². The summed E-state index contributed by atoms with van der Waals surface area (Å²) in [6.45, 7) is 3.69. The zero-order valence-corrected chi connectivity index (χ0v) is 15.7. The van der Waals surface area contributed by atoms with Gasteiger partial charge in [-0.1, -0.05) is 30.3 Å². The summed E-state index contributed by atoms with van der Waals surface area (Å²) in [5.74, 6) is -1.24. The van der Waals surface area contributed by atoms with Gasteiger partial charge in [-0.25, -0.2) is 8.78 Å². The topological polar surface area (TPSA) is 41.6 Å². The van der Waals surface area contributed by atoms with E-state index in [1.807, 2.05) is 30.3 Å². The maximum Gasteiger partial charge on any atom is 0.230 e. The van der Waals surface area contributed by atoms with E-state index in [1.165, 1.54) is 0 Å². The largest absolute Gasteiger partial charge is 0.379 e. The normalized spacial score (nSPS) is 16.1. The minimum atomic E-state index is -0.526. The fourth-order valence-corrected chi connectivity index (χ4v) is 3.70. The van der Waals surface area contributed by atoms with Crippen LogP contribution in [0.5, 0.6) is 0 Å². The van der Waals surface area contributed by atoms with Gasteiger partial charge in [0.05, 0.1) is 25.0 Å². The highest BCUT2D eigenvalue weighted by Crippen LogP contribution is 2.23. The van der Waals surface area contributed by atoms with E-state index < -0.39 is 11.6 Å². The Morgan fingerprint density at radius 2 is 1.89 bits per heavy atom. The van der Waals surface area contributed by atoms with E-state index in [4.69, 9.17) is 4.74 Å². The van der Waals surface area contributed by atoms with Crippen molar-refractivity contribution in [3.8, 4) is 0 Å². The van der Waals surface area contributed by atoms with Gasteiger partial charge >= 0.3 is 0 Å². The maximum atomic E-state index is 13.7. The number of ether oxygens (including phenoxy) is 1. The van der Waals surface area contributed by atoms with Gasteiger partial charge in [0.2, 0.25) is 5.91 Å². The van der Waals surface area contributed by atoms with E-state index in [0.29, 0.717) is 19.8 Å². The van der Waals surface area contributed by atoms with Crippen molar-refractivity contribution in [2.75, 3.05) is 38.6 Å². The van der Waals surface area contributed by atoms with Gasteiger partial charge in [-0.2, -0.15) is 0 Å². The molecular formula is C20H22F2N2O2S. The third kappa shape index (κ3) is 6.02. The van der Waals surface area contributed by atoms with Crippen LogP contribution in [0.1, 0.15) is 11.6 Å². The van der Waals surface area contributed by atoms with Crippen LogP contribution in [-0.4, -0.2) is 49.4 Å². The number of hydrogen-bond donors (Lipinski definition) is 1. The molecule has 0 radical (unpaired) electrons. The Kier molecular flexibility index (Phi) is 7.20. The summed E-state index contributed by atoms with van der Waals surface area (Å²) in [6.07, 6.45) is 0. The Morgan fingerprint density at radius 3 is 2.63 bits per heavy atom. The first-order chi connectivity index (χ1) is 13.1. The van der Waals surface area contributed by atoms with E-state index in [1.54, 1.807) is 0 Å². The predicted octanol–water partition coefficient (Wildman–Crippen LogP) is 3.25. The van der Waals surface area contributed by atoms with Crippen LogP contribution < -0.4 is 5.32 Å². The van der Waals surface area contributed by atoms with E-state index in [9.17, 15) is 13.6 Å². The van der Waals surface area contributed by atoms with Crippen molar-refractivity contribution in [1.29, 1.82) is 0 Å². The van der Waals surface area contributed by atoms with Crippen molar-refractivity contribution >= 4 is 17.7 Å². The molecule has 2 aromatic rings. The number of carbonyl (C=O) groups excluding carboxylic acids is 1. The maximum absolute atomic E-state index is 13.7. The molecule has 1 fully saturated rings. The molecule has 1 N–H and O–H groups in total. The van der Waals surface area contributed by atoms with Crippen LogP contribution >= 0.6 is 11.8 Å². The standard InChI is InChI=1S/C20H22F2N2O2S/c21-16-6-7-17(22)19(12-16)27-14-20(25)23-18(15-4-2-1-3-5-15)13-24-8-10-26-11-9-24/h1-7,12,18H,8-11,13-14H2,(H,23,25)/t18-/m0/s1. The number of nitrogens with zero attached hydrogens (tertiary/aromatic N) is 1. The molecule has 27 heavy (non-hydrogen) atoms.